The first-order valence-electron chi connectivity index (χ1n) is 6.24. The van der Waals surface area contributed by atoms with Gasteiger partial charge in [0.25, 0.3) is 0 Å². The molecular formula is C16H14Br2O2. The van der Waals surface area contributed by atoms with Crippen molar-refractivity contribution < 1.29 is 9.90 Å². The molecule has 2 aromatic rings. The van der Waals surface area contributed by atoms with Crippen molar-refractivity contribution in [2.75, 3.05) is 0 Å². The molecule has 0 aromatic heterocycles. The monoisotopic (exact) mass is 396 g/mol. The van der Waals surface area contributed by atoms with Crippen molar-refractivity contribution >= 4 is 37.8 Å². The smallest absolute Gasteiger partial charge is 0.303 e. The second-order valence-corrected chi connectivity index (χ2v) is 6.52. The lowest BCUT2D eigenvalue weighted by Crippen LogP contribution is -2.02. The van der Waals surface area contributed by atoms with E-state index in [1.165, 1.54) is 0 Å². The number of hydrogen-bond donors (Lipinski definition) is 1. The largest absolute Gasteiger partial charge is 0.481 e. The van der Waals surface area contributed by atoms with Crippen molar-refractivity contribution in [2.24, 2.45) is 0 Å². The topological polar surface area (TPSA) is 37.3 Å². The van der Waals surface area contributed by atoms with Crippen LogP contribution < -0.4 is 0 Å². The molecule has 0 saturated heterocycles. The molecule has 1 unspecified atom stereocenters. The Balaban J connectivity index is 2.25. The maximum Gasteiger partial charge on any atom is 0.303 e. The lowest BCUT2D eigenvalue weighted by molar-refractivity contribution is -0.137. The number of carbonyl (C=O) groups is 1. The van der Waals surface area contributed by atoms with E-state index < -0.39 is 5.97 Å². The number of aliphatic carboxylic acids is 1. The summed E-state index contributed by atoms with van der Waals surface area (Å²) >= 11 is 6.99. The third kappa shape index (κ3) is 3.70. The summed E-state index contributed by atoms with van der Waals surface area (Å²) in [5.74, 6) is -0.743. The van der Waals surface area contributed by atoms with Gasteiger partial charge in [0.2, 0.25) is 0 Å². The molecule has 0 fully saturated rings. The van der Waals surface area contributed by atoms with E-state index in [2.05, 4.69) is 31.9 Å². The Morgan fingerprint density at radius 2 is 1.80 bits per heavy atom. The Morgan fingerprint density at radius 1 is 1.15 bits per heavy atom. The van der Waals surface area contributed by atoms with E-state index >= 15 is 0 Å². The van der Waals surface area contributed by atoms with Gasteiger partial charge < -0.3 is 5.11 Å². The van der Waals surface area contributed by atoms with Gasteiger partial charge in [-0.05, 0) is 34.7 Å². The molecule has 2 nitrogen and oxygen atoms in total. The van der Waals surface area contributed by atoms with Gasteiger partial charge in [0.15, 0.2) is 0 Å². The molecule has 0 spiro atoms. The van der Waals surface area contributed by atoms with Crippen LogP contribution >= 0.6 is 31.9 Å². The van der Waals surface area contributed by atoms with Crippen molar-refractivity contribution in [1.29, 1.82) is 0 Å². The summed E-state index contributed by atoms with van der Waals surface area (Å²) in [6.07, 6.45) is 0.154. The molecule has 0 amide bonds. The van der Waals surface area contributed by atoms with Crippen LogP contribution in [0.3, 0.4) is 0 Å². The minimum Gasteiger partial charge on any atom is -0.481 e. The van der Waals surface area contributed by atoms with E-state index in [0.29, 0.717) is 0 Å². The summed E-state index contributed by atoms with van der Waals surface area (Å²) in [5.41, 5.74) is 3.27. The van der Waals surface area contributed by atoms with Gasteiger partial charge in [-0.3, -0.25) is 4.79 Å². The van der Waals surface area contributed by atoms with Gasteiger partial charge >= 0.3 is 5.97 Å². The van der Waals surface area contributed by atoms with E-state index in [1.54, 1.807) is 0 Å². The maximum absolute atomic E-state index is 10.7. The lowest BCUT2D eigenvalue weighted by atomic mass is 9.95. The van der Waals surface area contributed by atoms with E-state index in [-0.39, 0.29) is 12.3 Å². The molecule has 1 N–H and O–H groups in total. The standard InChI is InChI=1S/C16H14Br2O2/c1-10(8-16(19)20)11-2-4-12(5-3-11)14-7-6-13(17)9-15(14)18/h2-7,9-10H,8H2,1H3,(H,19,20). The van der Waals surface area contributed by atoms with Crippen LogP contribution in [-0.2, 0) is 4.79 Å². The zero-order chi connectivity index (χ0) is 14.7. The first-order chi connectivity index (χ1) is 9.47. The van der Waals surface area contributed by atoms with E-state index in [9.17, 15) is 4.79 Å². The maximum atomic E-state index is 10.7. The first-order valence-corrected chi connectivity index (χ1v) is 7.83. The molecule has 0 aliphatic carbocycles. The lowest BCUT2D eigenvalue weighted by Gasteiger charge is -2.11. The summed E-state index contributed by atoms with van der Waals surface area (Å²) in [5, 5.41) is 8.83. The van der Waals surface area contributed by atoms with Crippen molar-refractivity contribution in [3.8, 4) is 11.1 Å². The molecular weight excluding hydrogens is 384 g/mol. The fourth-order valence-electron chi connectivity index (χ4n) is 2.09. The zero-order valence-electron chi connectivity index (χ0n) is 10.9. The van der Waals surface area contributed by atoms with Crippen molar-refractivity contribution in [2.45, 2.75) is 19.3 Å². The number of carboxylic acid groups (broad SMARTS) is 1. The van der Waals surface area contributed by atoms with Gasteiger partial charge in [0.05, 0.1) is 6.42 Å². The molecule has 4 heteroatoms. The Morgan fingerprint density at radius 3 is 2.35 bits per heavy atom. The number of hydrogen-bond acceptors (Lipinski definition) is 1. The predicted octanol–water partition coefficient (Wildman–Crippen LogP) is 5.46. The van der Waals surface area contributed by atoms with Crippen LogP contribution in [0.2, 0.25) is 0 Å². The van der Waals surface area contributed by atoms with E-state index in [4.69, 9.17) is 5.11 Å². The molecule has 0 bridgehead atoms. The van der Waals surface area contributed by atoms with Crippen molar-refractivity contribution in [3.05, 3.63) is 57.0 Å². The zero-order valence-corrected chi connectivity index (χ0v) is 14.1. The summed E-state index contributed by atoms with van der Waals surface area (Å²) in [6, 6.07) is 14.1. The summed E-state index contributed by atoms with van der Waals surface area (Å²) in [4.78, 5) is 10.7. The van der Waals surface area contributed by atoms with Crippen LogP contribution in [0.25, 0.3) is 11.1 Å². The molecule has 104 valence electrons. The van der Waals surface area contributed by atoms with Gasteiger partial charge in [-0.2, -0.15) is 0 Å². The van der Waals surface area contributed by atoms with Gasteiger partial charge in [-0.1, -0.05) is 69.1 Å². The fraction of sp³-hybridized carbons (Fsp3) is 0.188. The van der Waals surface area contributed by atoms with E-state index in [0.717, 1.165) is 25.6 Å². The third-order valence-corrected chi connectivity index (χ3v) is 4.35. The fourth-order valence-corrected chi connectivity index (χ4v) is 3.37. The van der Waals surface area contributed by atoms with Crippen LogP contribution in [0.1, 0.15) is 24.8 Å². The average molecular weight is 398 g/mol. The molecule has 0 saturated carbocycles. The molecule has 20 heavy (non-hydrogen) atoms. The van der Waals surface area contributed by atoms with Crippen LogP contribution in [0.15, 0.2) is 51.4 Å². The van der Waals surface area contributed by atoms with Crippen LogP contribution in [0.5, 0.6) is 0 Å². The second kappa shape index (κ2) is 6.55. The quantitative estimate of drug-likeness (QED) is 0.743. The van der Waals surface area contributed by atoms with Gasteiger partial charge in [0.1, 0.15) is 0 Å². The molecule has 1 atom stereocenters. The highest BCUT2D eigenvalue weighted by molar-refractivity contribution is 9.11. The Hall–Kier alpha value is -1.13. The van der Waals surface area contributed by atoms with Gasteiger partial charge in [-0.15, -0.1) is 0 Å². The molecule has 2 rings (SSSR count). The van der Waals surface area contributed by atoms with Crippen LogP contribution in [0, 0.1) is 0 Å². The van der Waals surface area contributed by atoms with Gasteiger partial charge in [-0.25, -0.2) is 0 Å². The molecule has 0 radical (unpaired) electrons. The molecule has 2 aromatic carbocycles. The Labute approximate surface area is 135 Å². The van der Waals surface area contributed by atoms with Crippen molar-refractivity contribution in [1.82, 2.24) is 0 Å². The normalized spacial score (nSPS) is 12.2. The second-order valence-electron chi connectivity index (χ2n) is 4.75. The van der Waals surface area contributed by atoms with Crippen molar-refractivity contribution in [3.63, 3.8) is 0 Å². The Bertz CT molecular complexity index is 621. The van der Waals surface area contributed by atoms with E-state index in [1.807, 2.05) is 49.4 Å². The first kappa shape index (κ1) is 15.3. The van der Waals surface area contributed by atoms with Gasteiger partial charge in [0, 0.05) is 8.95 Å². The highest BCUT2D eigenvalue weighted by Gasteiger charge is 2.10. The summed E-state index contributed by atoms with van der Waals surface area (Å²) in [7, 11) is 0. The SMILES string of the molecule is CC(CC(=O)O)c1ccc(-c2ccc(Br)cc2Br)cc1. The Kier molecular flexibility index (Phi) is 5.00. The highest BCUT2D eigenvalue weighted by atomic mass is 79.9. The minimum atomic E-state index is -0.766. The predicted molar refractivity (Wildman–Crippen MR) is 87.9 cm³/mol. The number of halogens is 2. The molecule has 0 aliphatic rings. The summed E-state index contributed by atoms with van der Waals surface area (Å²) in [6.45, 7) is 1.93. The number of rotatable bonds is 4. The molecule has 0 heterocycles. The third-order valence-electron chi connectivity index (χ3n) is 3.20. The average Bonchev–Trinajstić information content (AvgIpc) is 2.38. The number of benzene rings is 2. The minimum absolute atomic E-state index is 0.0231. The summed E-state index contributed by atoms with van der Waals surface area (Å²) < 4.78 is 2.05. The molecule has 0 aliphatic heterocycles. The van der Waals surface area contributed by atoms with Crippen LogP contribution in [0.4, 0.5) is 0 Å². The van der Waals surface area contributed by atoms with Crippen LogP contribution in [-0.4, -0.2) is 11.1 Å². The number of carboxylic acids is 1. The highest BCUT2D eigenvalue weighted by Crippen LogP contribution is 2.31.